The van der Waals surface area contributed by atoms with E-state index in [1.54, 1.807) is 0 Å². The summed E-state index contributed by atoms with van der Waals surface area (Å²) >= 11 is 0. The molecule has 4 heteroatoms. The van der Waals surface area contributed by atoms with Gasteiger partial charge >= 0.3 is 0 Å². The highest BCUT2D eigenvalue weighted by atomic mass is 16.5. The predicted molar refractivity (Wildman–Crippen MR) is 86.1 cm³/mol. The van der Waals surface area contributed by atoms with Crippen molar-refractivity contribution in [1.29, 1.82) is 0 Å². The Hall–Kier alpha value is -1.26. The number of ether oxygens (including phenoxy) is 2. The van der Waals surface area contributed by atoms with Gasteiger partial charge in [0.1, 0.15) is 0 Å². The van der Waals surface area contributed by atoms with Crippen LogP contribution in [0.4, 0.5) is 0 Å². The Kier molecular flexibility index (Phi) is 8.16. The van der Waals surface area contributed by atoms with Crippen molar-refractivity contribution in [2.24, 2.45) is 0 Å². The summed E-state index contributed by atoms with van der Waals surface area (Å²) in [4.78, 5) is 2.07. The van der Waals surface area contributed by atoms with Gasteiger partial charge in [-0.3, -0.25) is 0 Å². The van der Waals surface area contributed by atoms with Crippen molar-refractivity contribution in [1.82, 2.24) is 4.90 Å². The maximum absolute atomic E-state index is 10.3. The Labute approximate surface area is 128 Å². The second-order valence-corrected chi connectivity index (χ2v) is 5.51. The Morgan fingerprint density at radius 1 is 1.05 bits per heavy atom. The van der Waals surface area contributed by atoms with E-state index in [2.05, 4.69) is 18.7 Å². The lowest BCUT2D eigenvalue weighted by molar-refractivity contribution is 0.153. The third kappa shape index (κ3) is 6.36. The van der Waals surface area contributed by atoms with Crippen molar-refractivity contribution in [2.75, 3.05) is 33.9 Å². The second kappa shape index (κ2) is 9.64. The van der Waals surface area contributed by atoms with Gasteiger partial charge in [-0.05, 0) is 51.1 Å². The number of nitrogens with zero attached hydrogens (tertiary/aromatic N) is 1. The molecule has 0 radical (unpaired) electrons. The van der Waals surface area contributed by atoms with Gasteiger partial charge < -0.3 is 19.5 Å². The third-order valence-electron chi connectivity index (χ3n) is 3.13. The van der Waals surface area contributed by atoms with Crippen molar-refractivity contribution in [3.63, 3.8) is 0 Å². The van der Waals surface area contributed by atoms with Crippen LogP contribution in [0, 0.1) is 0 Å². The Morgan fingerprint density at radius 2 is 1.67 bits per heavy atom. The molecular weight excluding hydrogens is 266 g/mol. The van der Waals surface area contributed by atoms with Crippen molar-refractivity contribution >= 4 is 0 Å². The molecule has 4 nitrogen and oxygen atoms in total. The van der Waals surface area contributed by atoms with Crippen LogP contribution in [0.1, 0.15) is 44.8 Å². The highest BCUT2D eigenvalue weighted by molar-refractivity contribution is 5.43. The van der Waals surface area contributed by atoms with Gasteiger partial charge in [0.15, 0.2) is 11.5 Å². The molecule has 0 bridgehead atoms. The molecule has 1 aromatic rings. The second-order valence-electron chi connectivity index (χ2n) is 5.51. The summed E-state index contributed by atoms with van der Waals surface area (Å²) in [6.07, 6.45) is 2.13. The summed E-state index contributed by atoms with van der Waals surface area (Å²) in [5.74, 6) is 1.49. The van der Waals surface area contributed by atoms with E-state index in [9.17, 15) is 5.11 Å². The summed E-state index contributed by atoms with van der Waals surface area (Å²) in [6.45, 7) is 6.32. The number of hydrogen-bond acceptors (Lipinski definition) is 4. The minimum atomic E-state index is -0.475. The van der Waals surface area contributed by atoms with Crippen LogP contribution in [0.15, 0.2) is 18.2 Å². The smallest absolute Gasteiger partial charge is 0.161 e. The molecule has 1 unspecified atom stereocenters. The Bertz CT molecular complexity index is 407. The summed E-state index contributed by atoms with van der Waals surface area (Å²) in [5.41, 5.74) is 0.881. The minimum absolute atomic E-state index is 0.475. The fourth-order valence-electron chi connectivity index (χ4n) is 1.94. The van der Waals surface area contributed by atoms with Gasteiger partial charge in [0.2, 0.25) is 0 Å². The van der Waals surface area contributed by atoms with E-state index in [1.165, 1.54) is 0 Å². The van der Waals surface area contributed by atoms with Crippen LogP contribution in [0.25, 0.3) is 0 Å². The predicted octanol–water partition coefficient (Wildman–Crippen LogP) is 3.25. The van der Waals surface area contributed by atoms with E-state index < -0.39 is 6.10 Å². The summed E-state index contributed by atoms with van der Waals surface area (Å²) in [6, 6.07) is 5.72. The van der Waals surface area contributed by atoms with E-state index in [1.807, 2.05) is 32.3 Å². The van der Waals surface area contributed by atoms with E-state index in [4.69, 9.17) is 9.47 Å². The zero-order valence-electron chi connectivity index (χ0n) is 13.8. The Morgan fingerprint density at radius 3 is 2.24 bits per heavy atom. The maximum atomic E-state index is 10.3. The quantitative estimate of drug-likeness (QED) is 0.719. The summed E-state index contributed by atoms with van der Waals surface area (Å²) in [5, 5.41) is 10.3. The largest absolute Gasteiger partial charge is 0.490 e. The first kappa shape index (κ1) is 17.8. The maximum Gasteiger partial charge on any atom is 0.161 e. The lowest BCUT2D eigenvalue weighted by atomic mass is 10.1. The topological polar surface area (TPSA) is 41.9 Å². The zero-order valence-corrected chi connectivity index (χ0v) is 13.8. The molecule has 0 saturated heterocycles. The van der Waals surface area contributed by atoms with Gasteiger partial charge in [-0.15, -0.1) is 0 Å². The number of aliphatic hydroxyl groups is 1. The first-order valence-corrected chi connectivity index (χ1v) is 7.80. The van der Waals surface area contributed by atoms with Gasteiger partial charge in [0.25, 0.3) is 0 Å². The van der Waals surface area contributed by atoms with Crippen molar-refractivity contribution in [3.05, 3.63) is 23.8 Å². The van der Waals surface area contributed by atoms with Crippen molar-refractivity contribution in [2.45, 2.75) is 39.2 Å². The van der Waals surface area contributed by atoms with Crippen LogP contribution in [-0.4, -0.2) is 43.9 Å². The molecule has 0 aliphatic carbocycles. The van der Waals surface area contributed by atoms with Crippen LogP contribution in [0.5, 0.6) is 11.5 Å². The standard InChI is InChI=1S/C17H29NO3/c1-5-11-20-16-8-7-14(13-17(16)21-12-6-2)15(19)9-10-18(3)4/h7-8,13,15,19H,5-6,9-12H2,1-4H3. The minimum Gasteiger partial charge on any atom is -0.490 e. The molecule has 1 N–H and O–H groups in total. The van der Waals surface area contributed by atoms with Crippen molar-refractivity contribution in [3.8, 4) is 11.5 Å². The zero-order chi connectivity index (χ0) is 15.7. The SMILES string of the molecule is CCCOc1ccc(C(O)CCN(C)C)cc1OCCC. The first-order chi connectivity index (χ1) is 10.1. The molecule has 0 aliphatic rings. The molecule has 1 aromatic carbocycles. The summed E-state index contributed by atoms with van der Waals surface area (Å²) in [7, 11) is 4.01. The molecular formula is C17H29NO3. The molecule has 0 aliphatic heterocycles. The number of benzene rings is 1. The van der Waals surface area contributed by atoms with Gasteiger partial charge in [0.05, 0.1) is 19.3 Å². The van der Waals surface area contributed by atoms with Crippen LogP contribution in [0.2, 0.25) is 0 Å². The Balaban J connectivity index is 2.81. The summed E-state index contributed by atoms with van der Waals surface area (Å²) < 4.78 is 11.5. The number of rotatable bonds is 10. The fourth-order valence-corrected chi connectivity index (χ4v) is 1.94. The fraction of sp³-hybridized carbons (Fsp3) is 0.647. The normalized spacial score (nSPS) is 12.5. The monoisotopic (exact) mass is 295 g/mol. The van der Waals surface area contributed by atoms with Crippen LogP contribution < -0.4 is 9.47 Å². The molecule has 21 heavy (non-hydrogen) atoms. The van der Waals surface area contributed by atoms with Crippen LogP contribution in [-0.2, 0) is 0 Å². The molecule has 0 fully saturated rings. The van der Waals surface area contributed by atoms with E-state index in [0.29, 0.717) is 19.6 Å². The first-order valence-electron chi connectivity index (χ1n) is 7.80. The average molecular weight is 295 g/mol. The van der Waals surface area contributed by atoms with Crippen LogP contribution >= 0.6 is 0 Å². The molecule has 0 amide bonds. The van der Waals surface area contributed by atoms with Gasteiger partial charge in [-0.2, -0.15) is 0 Å². The molecule has 0 aromatic heterocycles. The molecule has 120 valence electrons. The molecule has 1 rings (SSSR count). The molecule has 1 atom stereocenters. The molecule has 0 saturated carbocycles. The number of hydrogen-bond donors (Lipinski definition) is 1. The molecule has 0 heterocycles. The van der Waals surface area contributed by atoms with E-state index >= 15 is 0 Å². The lowest BCUT2D eigenvalue weighted by Gasteiger charge is -2.17. The highest BCUT2D eigenvalue weighted by Gasteiger charge is 2.13. The van der Waals surface area contributed by atoms with Gasteiger partial charge in [0, 0.05) is 6.54 Å². The average Bonchev–Trinajstić information content (AvgIpc) is 2.48. The van der Waals surface area contributed by atoms with E-state index in [0.717, 1.165) is 36.4 Å². The van der Waals surface area contributed by atoms with Crippen LogP contribution in [0.3, 0.4) is 0 Å². The molecule has 0 spiro atoms. The van der Waals surface area contributed by atoms with Gasteiger partial charge in [-0.25, -0.2) is 0 Å². The van der Waals surface area contributed by atoms with E-state index in [-0.39, 0.29) is 0 Å². The lowest BCUT2D eigenvalue weighted by Crippen LogP contribution is -2.16. The van der Waals surface area contributed by atoms with Gasteiger partial charge in [-0.1, -0.05) is 19.9 Å². The number of aliphatic hydroxyl groups excluding tert-OH is 1. The highest BCUT2D eigenvalue weighted by Crippen LogP contribution is 2.31. The van der Waals surface area contributed by atoms with Crippen molar-refractivity contribution < 1.29 is 14.6 Å². The third-order valence-corrected chi connectivity index (χ3v) is 3.13.